The minimum absolute atomic E-state index is 0.127. The molecule has 0 amide bonds. The van der Waals surface area contributed by atoms with Crippen LogP contribution in [0.3, 0.4) is 0 Å². The van der Waals surface area contributed by atoms with Gasteiger partial charge in [-0.3, -0.25) is 4.79 Å². The highest BCUT2D eigenvalue weighted by Crippen LogP contribution is 2.22. The first-order valence-corrected chi connectivity index (χ1v) is 5.74. The van der Waals surface area contributed by atoms with Crippen LogP contribution in [0.15, 0.2) is 11.0 Å². The van der Waals surface area contributed by atoms with Gasteiger partial charge >= 0.3 is 0 Å². The van der Waals surface area contributed by atoms with Gasteiger partial charge in [0.1, 0.15) is 5.78 Å². The molecule has 12 heavy (non-hydrogen) atoms. The highest BCUT2D eigenvalue weighted by Gasteiger charge is 2.22. The highest BCUT2D eigenvalue weighted by atomic mass is 32.2. The zero-order valence-electron chi connectivity index (χ0n) is 7.20. The van der Waals surface area contributed by atoms with Crippen molar-refractivity contribution in [3.05, 3.63) is 11.0 Å². The van der Waals surface area contributed by atoms with Crippen LogP contribution in [0.4, 0.5) is 0 Å². The van der Waals surface area contributed by atoms with Crippen molar-refractivity contribution >= 4 is 15.6 Å². The third-order valence-electron chi connectivity index (χ3n) is 2.04. The van der Waals surface area contributed by atoms with Crippen molar-refractivity contribution in [3.8, 4) is 0 Å². The van der Waals surface area contributed by atoms with Gasteiger partial charge in [0.05, 0.1) is 0 Å². The Morgan fingerprint density at radius 2 is 2.00 bits per heavy atom. The molecule has 1 aliphatic carbocycles. The van der Waals surface area contributed by atoms with Crippen LogP contribution in [-0.4, -0.2) is 20.5 Å². The normalized spacial score (nSPS) is 25.3. The molecule has 4 heteroatoms. The van der Waals surface area contributed by atoms with Crippen LogP contribution in [0.5, 0.6) is 0 Å². The molecule has 1 unspecified atom stereocenters. The lowest BCUT2D eigenvalue weighted by molar-refractivity contribution is -0.121. The van der Waals surface area contributed by atoms with Crippen molar-refractivity contribution in [2.24, 2.45) is 5.92 Å². The summed E-state index contributed by atoms with van der Waals surface area (Å²) in [5.74, 6) is -0.106. The number of sulfone groups is 1. The van der Waals surface area contributed by atoms with Crippen LogP contribution >= 0.6 is 0 Å². The molecule has 1 aliphatic rings. The molecule has 0 N–H and O–H groups in total. The first-order chi connectivity index (χ1) is 5.41. The quantitative estimate of drug-likeness (QED) is 0.614. The van der Waals surface area contributed by atoms with Crippen LogP contribution < -0.4 is 0 Å². The molecule has 0 saturated carbocycles. The van der Waals surface area contributed by atoms with Crippen LogP contribution in [0.25, 0.3) is 0 Å². The Bertz CT molecular complexity index is 324. The van der Waals surface area contributed by atoms with E-state index in [0.717, 1.165) is 0 Å². The molecule has 0 aromatic rings. The summed E-state index contributed by atoms with van der Waals surface area (Å²) in [5.41, 5.74) is 0. The Labute approximate surface area is 72.4 Å². The average molecular weight is 188 g/mol. The van der Waals surface area contributed by atoms with Gasteiger partial charge in [-0.1, -0.05) is 13.0 Å². The van der Waals surface area contributed by atoms with E-state index in [1.165, 1.54) is 6.26 Å². The first-order valence-electron chi connectivity index (χ1n) is 3.84. The predicted molar refractivity (Wildman–Crippen MR) is 46.3 cm³/mol. The standard InChI is InChI=1S/C8H12O3S/c1-6-5-7(12(2,10)11)3-4-8(6)9/h5-6H,3-4H2,1-2H3. The van der Waals surface area contributed by atoms with Gasteiger partial charge in [0.2, 0.25) is 0 Å². The van der Waals surface area contributed by atoms with Gasteiger partial charge in [-0.2, -0.15) is 0 Å². The summed E-state index contributed by atoms with van der Waals surface area (Å²) >= 11 is 0. The maximum atomic E-state index is 11.1. The molecule has 0 aliphatic heterocycles. The summed E-state index contributed by atoms with van der Waals surface area (Å²) in [4.78, 5) is 11.4. The highest BCUT2D eigenvalue weighted by molar-refractivity contribution is 7.94. The Balaban J connectivity index is 2.98. The third kappa shape index (κ3) is 1.94. The van der Waals surface area contributed by atoms with Crippen LogP contribution in [0, 0.1) is 5.92 Å². The lowest BCUT2D eigenvalue weighted by Crippen LogP contribution is -2.17. The monoisotopic (exact) mass is 188 g/mol. The van der Waals surface area contributed by atoms with E-state index in [1.807, 2.05) is 0 Å². The predicted octanol–water partition coefficient (Wildman–Crippen LogP) is 0.914. The number of allylic oxidation sites excluding steroid dienone is 2. The van der Waals surface area contributed by atoms with E-state index in [0.29, 0.717) is 17.7 Å². The summed E-state index contributed by atoms with van der Waals surface area (Å²) in [6.07, 6.45) is 3.48. The van der Waals surface area contributed by atoms with E-state index in [2.05, 4.69) is 0 Å². The number of Topliss-reactive ketones (excluding diaryl/α,β-unsaturated/α-hetero) is 1. The van der Waals surface area contributed by atoms with E-state index in [4.69, 9.17) is 0 Å². The number of ketones is 1. The van der Waals surface area contributed by atoms with Crippen molar-refractivity contribution in [1.82, 2.24) is 0 Å². The Morgan fingerprint density at radius 1 is 1.42 bits per heavy atom. The van der Waals surface area contributed by atoms with Crippen molar-refractivity contribution in [1.29, 1.82) is 0 Å². The molecule has 0 fully saturated rings. The van der Waals surface area contributed by atoms with E-state index in [1.54, 1.807) is 13.0 Å². The van der Waals surface area contributed by atoms with Crippen LogP contribution in [0.2, 0.25) is 0 Å². The second-order valence-corrected chi connectivity index (χ2v) is 5.23. The maximum Gasteiger partial charge on any atom is 0.171 e. The number of carbonyl (C=O) groups is 1. The second-order valence-electron chi connectivity index (χ2n) is 3.16. The van der Waals surface area contributed by atoms with Crippen molar-refractivity contribution in [2.45, 2.75) is 19.8 Å². The molecule has 0 spiro atoms. The zero-order valence-corrected chi connectivity index (χ0v) is 8.02. The maximum absolute atomic E-state index is 11.1. The molecule has 0 heterocycles. The lowest BCUT2D eigenvalue weighted by Gasteiger charge is -2.14. The molecule has 68 valence electrons. The minimum Gasteiger partial charge on any atom is -0.299 e. The summed E-state index contributed by atoms with van der Waals surface area (Å²) < 4.78 is 22.1. The molecule has 0 bridgehead atoms. The van der Waals surface area contributed by atoms with E-state index in [9.17, 15) is 13.2 Å². The number of hydrogen-bond acceptors (Lipinski definition) is 3. The number of hydrogen-bond donors (Lipinski definition) is 0. The summed E-state index contributed by atoms with van der Waals surface area (Å²) in [6.45, 7) is 1.73. The van der Waals surface area contributed by atoms with Crippen LogP contribution in [-0.2, 0) is 14.6 Å². The Kier molecular flexibility index (Phi) is 2.37. The summed E-state index contributed by atoms with van der Waals surface area (Å²) in [5, 5.41) is 0. The number of rotatable bonds is 1. The van der Waals surface area contributed by atoms with E-state index >= 15 is 0 Å². The average Bonchev–Trinajstić information content (AvgIpc) is 1.92. The molecule has 0 aromatic heterocycles. The Hall–Kier alpha value is -0.640. The molecule has 1 atom stereocenters. The largest absolute Gasteiger partial charge is 0.299 e. The first kappa shape index (κ1) is 9.45. The fourth-order valence-electron chi connectivity index (χ4n) is 1.24. The van der Waals surface area contributed by atoms with Crippen molar-refractivity contribution < 1.29 is 13.2 Å². The van der Waals surface area contributed by atoms with E-state index in [-0.39, 0.29) is 11.7 Å². The van der Waals surface area contributed by atoms with E-state index < -0.39 is 9.84 Å². The third-order valence-corrected chi connectivity index (χ3v) is 3.33. The summed E-state index contributed by atoms with van der Waals surface area (Å²) in [7, 11) is -3.07. The zero-order chi connectivity index (χ0) is 9.35. The summed E-state index contributed by atoms with van der Waals surface area (Å²) in [6, 6.07) is 0. The van der Waals surface area contributed by atoms with Gasteiger partial charge in [0, 0.05) is 23.5 Å². The van der Waals surface area contributed by atoms with Crippen molar-refractivity contribution in [3.63, 3.8) is 0 Å². The molecule has 1 rings (SSSR count). The molecule has 0 radical (unpaired) electrons. The molecular weight excluding hydrogens is 176 g/mol. The van der Waals surface area contributed by atoms with Gasteiger partial charge in [0.15, 0.2) is 9.84 Å². The second kappa shape index (κ2) is 3.01. The lowest BCUT2D eigenvalue weighted by atomic mass is 9.96. The fraction of sp³-hybridized carbons (Fsp3) is 0.625. The minimum atomic E-state index is -3.07. The molecule has 3 nitrogen and oxygen atoms in total. The van der Waals surface area contributed by atoms with Crippen LogP contribution in [0.1, 0.15) is 19.8 Å². The fourth-order valence-corrected chi connectivity index (χ4v) is 2.16. The van der Waals surface area contributed by atoms with Crippen molar-refractivity contribution in [2.75, 3.05) is 6.26 Å². The van der Waals surface area contributed by atoms with Gasteiger partial charge in [-0.15, -0.1) is 0 Å². The van der Waals surface area contributed by atoms with Gasteiger partial charge < -0.3 is 0 Å². The smallest absolute Gasteiger partial charge is 0.171 e. The van der Waals surface area contributed by atoms with Gasteiger partial charge in [-0.05, 0) is 6.42 Å². The molecular formula is C8H12O3S. The molecule has 0 aromatic carbocycles. The molecule has 0 saturated heterocycles. The van der Waals surface area contributed by atoms with Gasteiger partial charge in [0.25, 0.3) is 0 Å². The number of carbonyl (C=O) groups excluding carboxylic acids is 1. The topological polar surface area (TPSA) is 51.2 Å². The van der Waals surface area contributed by atoms with Gasteiger partial charge in [-0.25, -0.2) is 8.42 Å². The SMILES string of the molecule is CC1C=C(S(C)(=O)=O)CCC1=O. The Morgan fingerprint density at radius 3 is 2.42 bits per heavy atom.